The highest BCUT2D eigenvalue weighted by Crippen LogP contribution is 2.13. The van der Waals surface area contributed by atoms with Crippen LogP contribution in [0.25, 0.3) is 0 Å². The van der Waals surface area contributed by atoms with Crippen LogP contribution in [0, 0.1) is 0 Å². The summed E-state index contributed by atoms with van der Waals surface area (Å²) in [6.07, 6.45) is 1.86. The summed E-state index contributed by atoms with van der Waals surface area (Å²) in [5.74, 6) is 4.82. The van der Waals surface area contributed by atoms with Gasteiger partial charge in [-0.25, -0.2) is 10.8 Å². The van der Waals surface area contributed by atoms with Crippen LogP contribution in [0.5, 0.6) is 0 Å². The van der Waals surface area contributed by atoms with E-state index in [1.807, 2.05) is 12.5 Å². The number of thioether (sulfide) groups is 1. The van der Waals surface area contributed by atoms with Crippen molar-refractivity contribution in [2.24, 2.45) is 5.84 Å². The van der Waals surface area contributed by atoms with E-state index in [4.69, 9.17) is 5.84 Å². The van der Waals surface area contributed by atoms with E-state index in [1.54, 1.807) is 0 Å². The highest BCUT2D eigenvalue weighted by atomic mass is 32.2. The van der Waals surface area contributed by atoms with Gasteiger partial charge in [0.05, 0.1) is 6.42 Å². The van der Waals surface area contributed by atoms with E-state index in [0.717, 1.165) is 18.5 Å². The molecule has 4 N–H and O–H groups in total. The summed E-state index contributed by atoms with van der Waals surface area (Å²) in [5.41, 5.74) is 2.40. The summed E-state index contributed by atoms with van der Waals surface area (Å²) < 4.78 is 0. The van der Waals surface area contributed by atoms with E-state index in [0.29, 0.717) is 10.9 Å². The Labute approximate surface area is 108 Å². The standard InChI is InChI=1S/C10H16N4O3S/c1-2-3-7-6-8(15)13-10(12-7)18-5-4-9(16)17-14-11/h6,14H,2-5,11H2,1H3,(H,12,13,15). The predicted octanol–water partition coefficient (Wildman–Crippen LogP) is 0.126. The molecule has 0 amide bonds. The van der Waals surface area contributed by atoms with Crippen molar-refractivity contribution in [1.29, 1.82) is 0 Å². The number of aromatic amines is 1. The van der Waals surface area contributed by atoms with Crippen molar-refractivity contribution in [3.05, 3.63) is 22.1 Å². The Morgan fingerprint density at radius 1 is 1.67 bits per heavy atom. The molecule has 8 heteroatoms. The molecule has 0 aliphatic rings. The molecule has 0 saturated carbocycles. The first-order chi connectivity index (χ1) is 8.65. The first kappa shape index (κ1) is 14.7. The second-order valence-electron chi connectivity index (χ2n) is 3.48. The number of carbonyl (C=O) groups is 1. The summed E-state index contributed by atoms with van der Waals surface area (Å²) in [6.45, 7) is 2.02. The molecule has 0 aliphatic heterocycles. The van der Waals surface area contributed by atoms with Crippen LogP contribution in [-0.4, -0.2) is 21.7 Å². The molecule has 0 aromatic carbocycles. The molecule has 1 rings (SSSR count). The molecule has 0 radical (unpaired) electrons. The number of aromatic nitrogens is 2. The minimum Gasteiger partial charge on any atom is -0.356 e. The zero-order valence-electron chi connectivity index (χ0n) is 10.1. The minimum absolute atomic E-state index is 0.177. The molecule has 0 atom stereocenters. The lowest BCUT2D eigenvalue weighted by molar-refractivity contribution is -0.150. The van der Waals surface area contributed by atoms with Gasteiger partial charge in [0, 0.05) is 17.5 Å². The van der Waals surface area contributed by atoms with Gasteiger partial charge in [-0.05, 0) is 6.42 Å². The van der Waals surface area contributed by atoms with E-state index in [-0.39, 0.29) is 12.0 Å². The molecule has 1 heterocycles. The number of hydrogen-bond acceptors (Lipinski definition) is 7. The second kappa shape index (κ2) is 7.85. The molecule has 0 unspecified atom stereocenters. The lowest BCUT2D eigenvalue weighted by Crippen LogP contribution is -2.26. The van der Waals surface area contributed by atoms with Gasteiger partial charge in [-0.3, -0.25) is 9.59 Å². The van der Waals surface area contributed by atoms with E-state index in [1.165, 1.54) is 17.8 Å². The fraction of sp³-hybridized carbons (Fsp3) is 0.500. The van der Waals surface area contributed by atoms with Crippen LogP contribution in [0.2, 0.25) is 0 Å². The summed E-state index contributed by atoms with van der Waals surface area (Å²) in [6, 6.07) is 1.49. The SMILES string of the molecule is CCCc1cc(=O)[nH]c(SCCC(=O)ONN)n1. The largest absolute Gasteiger partial charge is 0.356 e. The molecule has 0 saturated heterocycles. The van der Waals surface area contributed by atoms with E-state index < -0.39 is 5.97 Å². The van der Waals surface area contributed by atoms with Crippen LogP contribution >= 0.6 is 11.8 Å². The molecule has 0 aliphatic carbocycles. The number of carbonyl (C=O) groups excluding carboxylic acids is 1. The quantitative estimate of drug-likeness (QED) is 0.280. The Balaban J connectivity index is 2.51. The average Bonchev–Trinajstić information content (AvgIpc) is 2.29. The lowest BCUT2D eigenvalue weighted by Gasteiger charge is -2.03. The Bertz CT molecular complexity index is 449. The smallest absolute Gasteiger partial charge is 0.327 e. The van der Waals surface area contributed by atoms with Crippen LogP contribution in [-0.2, 0) is 16.1 Å². The van der Waals surface area contributed by atoms with Gasteiger partial charge >= 0.3 is 5.97 Å². The normalized spacial score (nSPS) is 10.3. The van der Waals surface area contributed by atoms with Crippen molar-refractivity contribution >= 4 is 17.7 Å². The molecule has 1 aromatic heterocycles. The van der Waals surface area contributed by atoms with Gasteiger partial charge < -0.3 is 9.82 Å². The van der Waals surface area contributed by atoms with Gasteiger partial charge in [0.15, 0.2) is 5.16 Å². The third-order valence-electron chi connectivity index (χ3n) is 2.00. The molecule has 0 fully saturated rings. The topological polar surface area (TPSA) is 110 Å². The molecule has 0 spiro atoms. The number of nitrogens with two attached hydrogens (primary N) is 1. The molecule has 100 valence electrons. The maximum Gasteiger partial charge on any atom is 0.327 e. The monoisotopic (exact) mass is 272 g/mol. The van der Waals surface area contributed by atoms with Gasteiger partial charge in [0.25, 0.3) is 5.56 Å². The highest BCUT2D eigenvalue weighted by molar-refractivity contribution is 7.99. The Morgan fingerprint density at radius 2 is 2.44 bits per heavy atom. The van der Waals surface area contributed by atoms with E-state index in [9.17, 15) is 9.59 Å². The van der Waals surface area contributed by atoms with Crippen LogP contribution in [0.3, 0.4) is 0 Å². The van der Waals surface area contributed by atoms with Crippen LogP contribution < -0.4 is 17.0 Å². The summed E-state index contributed by atoms with van der Waals surface area (Å²) in [4.78, 5) is 33.6. The first-order valence-corrected chi connectivity index (χ1v) is 6.52. The molecular formula is C10H16N4O3S. The number of H-pyrrole nitrogens is 1. The fourth-order valence-electron chi connectivity index (χ4n) is 1.28. The summed E-state index contributed by atoms with van der Waals surface area (Å²) >= 11 is 1.29. The molecule has 1 aromatic rings. The van der Waals surface area contributed by atoms with E-state index >= 15 is 0 Å². The molecule has 18 heavy (non-hydrogen) atoms. The van der Waals surface area contributed by atoms with Gasteiger partial charge in [0.2, 0.25) is 0 Å². The molecule has 7 nitrogen and oxygen atoms in total. The maximum atomic E-state index is 11.4. The fourth-order valence-corrected chi connectivity index (χ4v) is 2.10. The third kappa shape index (κ3) is 5.30. The number of nitrogens with one attached hydrogen (secondary N) is 2. The van der Waals surface area contributed by atoms with Crippen molar-refractivity contribution in [3.63, 3.8) is 0 Å². The Hall–Kier alpha value is -1.38. The van der Waals surface area contributed by atoms with Gasteiger partial charge in [-0.2, -0.15) is 0 Å². The Morgan fingerprint density at radius 3 is 3.11 bits per heavy atom. The number of hydrogen-bond donors (Lipinski definition) is 3. The maximum absolute atomic E-state index is 11.4. The van der Waals surface area contributed by atoms with Crippen molar-refractivity contribution in [3.8, 4) is 0 Å². The van der Waals surface area contributed by atoms with Crippen LogP contribution in [0.15, 0.2) is 16.0 Å². The van der Waals surface area contributed by atoms with Gasteiger partial charge in [-0.15, -0.1) is 0 Å². The van der Waals surface area contributed by atoms with Crippen LogP contribution in [0.1, 0.15) is 25.5 Å². The zero-order chi connectivity index (χ0) is 13.4. The second-order valence-corrected chi connectivity index (χ2v) is 4.57. The molecule has 0 bridgehead atoms. The number of nitrogens with zero attached hydrogens (tertiary/aromatic N) is 1. The zero-order valence-corrected chi connectivity index (χ0v) is 10.9. The van der Waals surface area contributed by atoms with Crippen molar-refractivity contribution < 1.29 is 9.63 Å². The van der Waals surface area contributed by atoms with Gasteiger partial charge in [-0.1, -0.05) is 30.7 Å². The van der Waals surface area contributed by atoms with Gasteiger partial charge in [0.1, 0.15) is 0 Å². The van der Waals surface area contributed by atoms with E-state index in [2.05, 4.69) is 14.8 Å². The van der Waals surface area contributed by atoms with Crippen molar-refractivity contribution in [1.82, 2.24) is 15.6 Å². The lowest BCUT2D eigenvalue weighted by atomic mass is 10.2. The summed E-state index contributed by atoms with van der Waals surface area (Å²) in [7, 11) is 0. The highest BCUT2D eigenvalue weighted by Gasteiger charge is 2.05. The van der Waals surface area contributed by atoms with Crippen molar-refractivity contribution in [2.45, 2.75) is 31.3 Å². The third-order valence-corrected chi connectivity index (χ3v) is 2.87. The minimum atomic E-state index is -0.461. The first-order valence-electron chi connectivity index (χ1n) is 5.54. The predicted molar refractivity (Wildman–Crippen MR) is 67.6 cm³/mol. The number of rotatable bonds is 7. The average molecular weight is 272 g/mol. The Kier molecular flexibility index (Phi) is 6.40. The van der Waals surface area contributed by atoms with Crippen LogP contribution in [0.4, 0.5) is 0 Å². The number of aryl methyl sites for hydroxylation is 1. The number of hydrazine groups is 1. The summed E-state index contributed by atoms with van der Waals surface area (Å²) in [5, 5.41) is 0.513. The van der Waals surface area contributed by atoms with Crippen molar-refractivity contribution in [2.75, 3.05) is 5.75 Å². The molecular weight excluding hydrogens is 256 g/mol.